The van der Waals surface area contributed by atoms with Gasteiger partial charge in [-0.15, -0.1) is 0 Å². The van der Waals surface area contributed by atoms with Gasteiger partial charge in [0.05, 0.1) is 29.8 Å². The summed E-state index contributed by atoms with van der Waals surface area (Å²) in [6.07, 6.45) is 1.30. The molecule has 0 saturated carbocycles. The third-order valence-corrected chi connectivity index (χ3v) is 6.06. The van der Waals surface area contributed by atoms with Crippen LogP contribution in [0.3, 0.4) is 0 Å². The fraction of sp³-hybridized carbons (Fsp3) is 0.259. The van der Waals surface area contributed by atoms with Gasteiger partial charge in [0.15, 0.2) is 0 Å². The minimum absolute atomic E-state index is 0.184. The zero-order chi connectivity index (χ0) is 22.3. The smallest absolute Gasteiger partial charge is 0.318 e. The molecule has 2 N–H and O–H groups in total. The molecule has 5 nitrogen and oxygen atoms in total. The Morgan fingerprint density at radius 3 is 2.25 bits per heavy atom. The van der Waals surface area contributed by atoms with Crippen LogP contribution in [0.25, 0.3) is 0 Å². The second-order valence-electron chi connectivity index (χ2n) is 8.27. The van der Waals surface area contributed by atoms with E-state index in [0.717, 1.165) is 17.5 Å². The number of carbonyl (C=O) groups excluding carboxylic acids is 1. The number of nitriles is 1. The molecule has 4 rings (SSSR count). The summed E-state index contributed by atoms with van der Waals surface area (Å²) >= 11 is 0. The highest BCUT2D eigenvalue weighted by atomic mass is 16.3. The van der Waals surface area contributed by atoms with Crippen LogP contribution in [-0.2, 0) is 19.4 Å². The number of carbonyl (C=O) groups is 1. The number of aliphatic hydroxyl groups excluding tert-OH is 1. The number of hydrogen-bond donors (Lipinski definition) is 2. The van der Waals surface area contributed by atoms with E-state index in [0.29, 0.717) is 24.9 Å². The number of nitrogens with one attached hydrogen (secondary N) is 1. The van der Waals surface area contributed by atoms with E-state index in [9.17, 15) is 15.2 Å². The first-order chi connectivity index (χ1) is 15.6. The summed E-state index contributed by atoms with van der Waals surface area (Å²) in [5.74, 6) is 0. The molecule has 0 aliphatic carbocycles. The SMILES string of the molecule is N#Cc1cccc(CN2C(=O)N[C@H](CCc3ccccc3)[C@@H](O)[C@H]2Cc2ccccc2)c1. The number of amides is 2. The van der Waals surface area contributed by atoms with Crippen molar-refractivity contribution in [2.24, 2.45) is 0 Å². The maximum absolute atomic E-state index is 13.2. The highest BCUT2D eigenvalue weighted by Gasteiger charge is 2.40. The number of aliphatic hydroxyl groups is 1. The van der Waals surface area contributed by atoms with Crippen LogP contribution >= 0.6 is 0 Å². The molecule has 32 heavy (non-hydrogen) atoms. The Bertz CT molecular complexity index is 1080. The third-order valence-electron chi connectivity index (χ3n) is 6.06. The lowest BCUT2D eigenvalue weighted by Crippen LogP contribution is -2.65. The summed E-state index contributed by atoms with van der Waals surface area (Å²) in [4.78, 5) is 14.9. The zero-order valence-corrected chi connectivity index (χ0v) is 17.9. The first-order valence-electron chi connectivity index (χ1n) is 11.0. The van der Waals surface area contributed by atoms with Crippen molar-refractivity contribution in [1.29, 1.82) is 5.26 Å². The molecule has 0 spiro atoms. The molecule has 162 valence electrons. The van der Waals surface area contributed by atoms with Gasteiger partial charge in [-0.2, -0.15) is 5.26 Å². The maximum Gasteiger partial charge on any atom is 0.318 e. The standard InChI is InChI=1S/C27H27N3O2/c28-18-22-12-7-13-23(16-22)19-30-25(17-21-10-5-2-6-11-21)26(31)24(29-27(30)32)15-14-20-8-3-1-4-9-20/h1-13,16,24-26,31H,14-15,17,19H2,(H,29,32)/t24-,25-,26-/m1/s1. The Labute approximate surface area is 188 Å². The van der Waals surface area contributed by atoms with Crippen LogP contribution in [0.4, 0.5) is 4.79 Å². The minimum atomic E-state index is -0.712. The highest BCUT2D eigenvalue weighted by molar-refractivity contribution is 5.76. The molecule has 3 atom stereocenters. The number of rotatable bonds is 7. The van der Waals surface area contributed by atoms with Crippen LogP contribution < -0.4 is 5.32 Å². The maximum atomic E-state index is 13.2. The predicted octanol–water partition coefficient (Wildman–Crippen LogP) is 4.06. The van der Waals surface area contributed by atoms with Gasteiger partial charge < -0.3 is 15.3 Å². The van der Waals surface area contributed by atoms with Gasteiger partial charge in [-0.1, -0.05) is 72.8 Å². The molecule has 0 unspecified atom stereocenters. The summed E-state index contributed by atoms with van der Waals surface area (Å²) in [5.41, 5.74) is 3.68. The normalized spacial score (nSPS) is 20.4. The number of aryl methyl sites for hydroxylation is 1. The van der Waals surface area contributed by atoms with Crippen molar-refractivity contribution in [3.8, 4) is 6.07 Å². The average molecular weight is 426 g/mol. The van der Waals surface area contributed by atoms with Crippen LogP contribution in [0.15, 0.2) is 84.9 Å². The predicted molar refractivity (Wildman–Crippen MR) is 124 cm³/mol. The molecule has 1 aliphatic rings. The number of benzene rings is 3. The van der Waals surface area contributed by atoms with E-state index in [1.165, 1.54) is 5.56 Å². The van der Waals surface area contributed by atoms with Crippen molar-refractivity contribution < 1.29 is 9.90 Å². The molecule has 1 saturated heterocycles. The van der Waals surface area contributed by atoms with E-state index in [1.807, 2.05) is 60.7 Å². The van der Waals surface area contributed by atoms with Gasteiger partial charge in [-0.25, -0.2) is 4.79 Å². The summed E-state index contributed by atoms with van der Waals surface area (Å²) in [6, 6.07) is 28.6. The molecule has 1 aliphatic heterocycles. The zero-order valence-electron chi connectivity index (χ0n) is 17.9. The lowest BCUT2D eigenvalue weighted by Gasteiger charge is -2.44. The van der Waals surface area contributed by atoms with Gasteiger partial charge in [-0.3, -0.25) is 0 Å². The quantitative estimate of drug-likeness (QED) is 0.599. The van der Waals surface area contributed by atoms with E-state index in [-0.39, 0.29) is 18.1 Å². The molecule has 0 bridgehead atoms. The summed E-state index contributed by atoms with van der Waals surface area (Å²) in [5, 5.41) is 23.6. The Morgan fingerprint density at radius 2 is 1.56 bits per heavy atom. The highest BCUT2D eigenvalue weighted by Crippen LogP contribution is 2.24. The van der Waals surface area contributed by atoms with Crippen LogP contribution in [0.2, 0.25) is 0 Å². The van der Waals surface area contributed by atoms with Gasteiger partial charge in [0.1, 0.15) is 0 Å². The Balaban J connectivity index is 1.55. The molecular formula is C27H27N3O2. The van der Waals surface area contributed by atoms with Crippen LogP contribution in [-0.4, -0.2) is 34.2 Å². The number of nitrogens with zero attached hydrogens (tertiary/aromatic N) is 2. The Kier molecular flexibility index (Phi) is 6.84. The Hall–Kier alpha value is -3.62. The van der Waals surface area contributed by atoms with Crippen molar-refractivity contribution in [1.82, 2.24) is 10.2 Å². The van der Waals surface area contributed by atoms with Crippen LogP contribution in [0.1, 0.15) is 28.7 Å². The molecular weight excluding hydrogens is 398 g/mol. The summed E-state index contributed by atoms with van der Waals surface area (Å²) in [7, 11) is 0. The van der Waals surface area contributed by atoms with Gasteiger partial charge in [0.2, 0.25) is 0 Å². The van der Waals surface area contributed by atoms with Crippen molar-refractivity contribution >= 4 is 6.03 Å². The average Bonchev–Trinajstić information content (AvgIpc) is 2.84. The second kappa shape index (κ2) is 10.1. The molecule has 5 heteroatoms. The van der Waals surface area contributed by atoms with Crippen LogP contribution in [0, 0.1) is 11.3 Å². The van der Waals surface area contributed by atoms with Gasteiger partial charge in [0.25, 0.3) is 0 Å². The molecule has 1 fully saturated rings. The third kappa shape index (κ3) is 5.16. The number of hydrogen-bond acceptors (Lipinski definition) is 3. The van der Waals surface area contributed by atoms with Crippen molar-refractivity contribution in [3.63, 3.8) is 0 Å². The Morgan fingerprint density at radius 1 is 0.906 bits per heavy atom. The summed E-state index contributed by atoms with van der Waals surface area (Å²) in [6.45, 7) is 0.335. The largest absolute Gasteiger partial charge is 0.389 e. The fourth-order valence-electron chi connectivity index (χ4n) is 4.35. The van der Waals surface area contributed by atoms with E-state index < -0.39 is 6.10 Å². The van der Waals surface area contributed by atoms with E-state index in [1.54, 1.807) is 17.0 Å². The molecule has 1 heterocycles. The van der Waals surface area contributed by atoms with E-state index >= 15 is 0 Å². The number of urea groups is 1. The lowest BCUT2D eigenvalue weighted by molar-refractivity contribution is 0.0100. The van der Waals surface area contributed by atoms with Gasteiger partial charge in [-0.05, 0) is 48.1 Å². The second-order valence-corrected chi connectivity index (χ2v) is 8.27. The first kappa shape index (κ1) is 21.6. The van der Waals surface area contributed by atoms with Crippen molar-refractivity contribution in [2.45, 2.75) is 44.0 Å². The first-order valence-corrected chi connectivity index (χ1v) is 11.0. The molecule has 0 aromatic heterocycles. The molecule has 0 radical (unpaired) electrons. The topological polar surface area (TPSA) is 76.4 Å². The van der Waals surface area contributed by atoms with E-state index in [4.69, 9.17) is 0 Å². The molecule has 3 aromatic carbocycles. The monoisotopic (exact) mass is 425 g/mol. The summed E-state index contributed by atoms with van der Waals surface area (Å²) < 4.78 is 0. The lowest BCUT2D eigenvalue weighted by atomic mass is 9.89. The molecule has 3 aromatic rings. The fourth-order valence-corrected chi connectivity index (χ4v) is 4.35. The van der Waals surface area contributed by atoms with Gasteiger partial charge in [0, 0.05) is 6.54 Å². The van der Waals surface area contributed by atoms with E-state index in [2.05, 4.69) is 23.5 Å². The minimum Gasteiger partial charge on any atom is -0.389 e. The van der Waals surface area contributed by atoms with Crippen molar-refractivity contribution in [2.75, 3.05) is 0 Å². The van der Waals surface area contributed by atoms with Crippen molar-refractivity contribution in [3.05, 3.63) is 107 Å². The molecule has 2 amide bonds. The van der Waals surface area contributed by atoms with Crippen LogP contribution in [0.5, 0.6) is 0 Å². The van der Waals surface area contributed by atoms with Gasteiger partial charge >= 0.3 is 6.03 Å².